The van der Waals surface area contributed by atoms with Gasteiger partial charge in [-0.2, -0.15) is 0 Å². The highest BCUT2D eigenvalue weighted by Gasteiger charge is 2.09. The van der Waals surface area contributed by atoms with Crippen LogP contribution in [0, 0.1) is 0 Å². The maximum absolute atomic E-state index is 12.2. The van der Waals surface area contributed by atoms with E-state index in [9.17, 15) is 9.59 Å². The summed E-state index contributed by atoms with van der Waals surface area (Å²) in [6.07, 6.45) is 1.02. The Morgan fingerprint density at radius 1 is 1.13 bits per heavy atom. The highest BCUT2D eigenvalue weighted by Crippen LogP contribution is 2.17. The number of benzene rings is 2. The molecule has 2 aromatic carbocycles. The van der Waals surface area contributed by atoms with Crippen molar-refractivity contribution in [3.8, 4) is 5.75 Å². The van der Waals surface area contributed by atoms with Crippen LogP contribution < -0.4 is 10.1 Å². The smallest absolute Gasteiger partial charge is 0.335 e. The highest BCUT2D eigenvalue weighted by molar-refractivity contribution is 6.04. The molecule has 0 aromatic heterocycles. The molecule has 0 bridgehead atoms. The Bertz CT molecular complexity index is 694. The van der Waals surface area contributed by atoms with Gasteiger partial charge >= 0.3 is 5.97 Å². The summed E-state index contributed by atoms with van der Waals surface area (Å²) in [4.78, 5) is 23.1. The molecule has 0 radical (unpaired) electrons. The van der Waals surface area contributed by atoms with Crippen molar-refractivity contribution in [2.45, 2.75) is 26.4 Å². The summed E-state index contributed by atoms with van der Waals surface area (Å²) in [6, 6.07) is 13.0. The Morgan fingerprint density at radius 2 is 1.83 bits per heavy atom. The van der Waals surface area contributed by atoms with E-state index in [1.807, 2.05) is 13.8 Å². The molecule has 0 unspecified atom stereocenters. The van der Waals surface area contributed by atoms with Crippen LogP contribution in [0.5, 0.6) is 5.75 Å². The fraction of sp³-hybridized carbons (Fsp3) is 0.222. The predicted octanol–water partition coefficient (Wildman–Crippen LogP) is 3.81. The number of anilines is 1. The number of rotatable bonds is 6. The van der Waals surface area contributed by atoms with Crippen LogP contribution in [0.2, 0.25) is 0 Å². The van der Waals surface area contributed by atoms with Crippen LogP contribution >= 0.6 is 0 Å². The van der Waals surface area contributed by atoms with Crippen molar-refractivity contribution in [2.24, 2.45) is 0 Å². The van der Waals surface area contributed by atoms with Gasteiger partial charge in [0.15, 0.2) is 0 Å². The van der Waals surface area contributed by atoms with Gasteiger partial charge in [0, 0.05) is 11.3 Å². The zero-order chi connectivity index (χ0) is 16.8. The Hall–Kier alpha value is -2.82. The minimum atomic E-state index is -1.03. The number of hydrogen-bond donors (Lipinski definition) is 2. The van der Waals surface area contributed by atoms with E-state index in [1.165, 1.54) is 12.1 Å². The molecule has 2 aromatic rings. The summed E-state index contributed by atoms with van der Waals surface area (Å²) in [6.45, 7) is 4.02. The Labute approximate surface area is 134 Å². The van der Waals surface area contributed by atoms with E-state index in [0.717, 1.165) is 6.42 Å². The molecule has 0 spiro atoms. The number of amides is 1. The molecule has 1 atom stereocenters. The zero-order valence-electron chi connectivity index (χ0n) is 13.1. The van der Waals surface area contributed by atoms with E-state index in [2.05, 4.69) is 5.32 Å². The van der Waals surface area contributed by atoms with E-state index < -0.39 is 5.97 Å². The van der Waals surface area contributed by atoms with Gasteiger partial charge in [-0.15, -0.1) is 0 Å². The molecule has 0 aliphatic heterocycles. The van der Waals surface area contributed by atoms with Crippen LogP contribution in [0.4, 0.5) is 5.69 Å². The highest BCUT2D eigenvalue weighted by atomic mass is 16.5. The number of carboxylic acid groups (broad SMARTS) is 1. The van der Waals surface area contributed by atoms with Crippen LogP contribution in [-0.4, -0.2) is 23.1 Å². The van der Waals surface area contributed by atoms with Crippen molar-refractivity contribution < 1.29 is 19.4 Å². The molecule has 120 valence electrons. The van der Waals surface area contributed by atoms with Crippen LogP contribution in [0.3, 0.4) is 0 Å². The van der Waals surface area contributed by atoms with Crippen molar-refractivity contribution in [3.05, 3.63) is 59.7 Å². The van der Waals surface area contributed by atoms with Crippen molar-refractivity contribution in [1.82, 2.24) is 0 Å². The van der Waals surface area contributed by atoms with Crippen molar-refractivity contribution in [3.63, 3.8) is 0 Å². The van der Waals surface area contributed by atoms with Crippen LogP contribution in [0.25, 0.3) is 0 Å². The molecule has 0 aliphatic rings. The third-order valence-corrected chi connectivity index (χ3v) is 3.40. The van der Waals surface area contributed by atoms with Gasteiger partial charge in [0.25, 0.3) is 5.91 Å². The van der Waals surface area contributed by atoms with E-state index >= 15 is 0 Å². The zero-order valence-corrected chi connectivity index (χ0v) is 13.1. The van der Waals surface area contributed by atoms with Gasteiger partial charge < -0.3 is 15.2 Å². The lowest BCUT2D eigenvalue weighted by Crippen LogP contribution is -2.13. The quantitative estimate of drug-likeness (QED) is 0.850. The molecule has 23 heavy (non-hydrogen) atoms. The summed E-state index contributed by atoms with van der Waals surface area (Å²) >= 11 is 0. The van der Waals surface area contributed by atoms with E-state index in [0.29, 0.717) is 17.0 Å². The minimum Gasteiger partial charge on any atom is -0.491 e. The van der Waals surface area contributed by atoms with Crippen molar-refractivity contribution in [1.29, 1.82) is 0 Å². The van der Waals surface area contributed by atoms with Crippen molar-refractivity contribution in [2.75, 3.05) is 5.32 Å². The van der Waals surface area contributed by atoms with E-state index in [4.69, 9.17) is 9.84 Å². The number of nitrogens with one attached hydrogen (secondary N) is 1. The van der Waals surface area contributed by atoms with Crippen LogP contribution in [0.1, 0.15) is 41.0 Å². The standard InChI is InChI=1S/C18H19NO4/c1-3-12(2)23-16-9-7-13(8-10-16)17(20)19-15-6-4-5-14(11-15)18(21)22/h4-12H,3H2,1-2H3,(H,19,20)(H,21,22)/t12-/m0/s1. The monoisotopic (exact) mass is 313 g/mol. The average Bonchev–Trinajstić information content (AvgIpc) is 2.55. The van der Waals surface area contributed by atoms with Gasteiger partial charge in [-0.1, -0.05) is 13.0 Å². The number of ether oxygens (including phenoxy) is 1. The summed E-state index contributed by atoms with van der Waals surface area (Å²) in [5, 5.41) is 11.6. The van der Waals surface area contributed by atoms with E-state index in [-0.39, 0.29) is 17.6 Å². The number of aromatic carboxylic acids is 1. The molecule has 1 amide bonds. The second-order valence-corrected chi connectivity index (χ2v) is 5.20. The minimum absolute atomic E-state index is 0.119. The normalized spacial score (nSPS) is 11.6. The third kappa shape index (κ3) is 4.57. The number of hydrogen-bond acceptors (Lipinski definition) is 3. The Balaban J connectivity index is 2.06. The first-order valence-corrected chi connectivity index (χ1v) is 7.41. The maximum atomic E-state index is 12.2. The number of carbonyl (C=O) groups is 2. The van der Waals surface area contributed by atoms with Gasteiger partial charge in [0.05, 0.1) is 11.7 Å². The van der Waals surface area contributed by atoms with E-state index in [1.54, 1.807) is 36.4 Å². The maximum Gasteiger partial charge on any atom is 0.335 e. The first-order valence-electron chi connectivity index (χ1n) is 7.41. The fourth-order valence-electron chi connectivity index (χ4n) is 1.93. The van der Waals surface area contributed by atoms with Gasteiger partial charge in [-0.05, 0) is 55.8 Å². The number of carbonyl (C=O) groups excluding carboxylic acids is 1. The molecule has 5 heteroatoms. The molecular formula is C18H19NO4. The molecular weight excluding hydrogens is 294 g/mol. The van der Waals surface area contributed by atoms with Crippen molar-refractivity contribution >= 4 is 17.6 Å². The SMILES string of the molecule is CC[C@H](C)Oc1ccc(C(=O)Nc2cccc(C(=O)O)c2)cc1. The largest absolute Gasteiger partial charge is 0.491 e. The topological polar surface area (TPSA) is 75.6 Å². The molecule has 0 heterocycles. The molecule has 0 aliphatic carbocycles. The lowest BCUT2D eigenvalue weighted by atomic mass is 10.1. The third-order valence-electron chi connectivity index (χ3n) is 3.40. The second kappa shape index (κ2) is 7.45. The fourth-order valence-corrected chi connectivity index (χ4v) is 1.93. The molecule has 5 nitrogen and oxygen atoms in total. The summed E-state index contributed by atoms with van der Waals surface area (Å²) in [5.74, 6) is -0.626. The van der Waals surface area contributed by atoms with Crippen LogP contribution in [-0.2, 0) is 0 Å². The summed E-state index contributed by atoms with van der Waals surface area (Å²) in [7, 11) is 0. The van der Waals surface area contributed by atoms with Gasteiger partial charge in [0.2, 0.25) is 0 Å². The molecule has 0 saturated carbocycles. The molecule has 2 N–H and O–H groups in total. The van der Waals surface area contributed by atoms with Gasteiger partial charge in [-0.3, -0.25) is 4.79 Å². The van der Waals surface area contributed by atoms with Crippen LogP contribution in [0.15, 0.2) is 48.5 Å². The predicted molar refractivity (Wildman–Crippen MR) is 88.2 cm³/mol. The lowest BCUT2D eigenvalue weighted by molar-refractivity contribution is 0.0696. The first-order chi connectivity index (χ1) is 11.0. The molecule has 2 rings (SSSR count). The Morgan fingerprint density at radius 3 is 2.43 bits per heavy atom. The van der Waals surface area contributed by atoms with Gasteiger partial charge in [-0.25, -0.2) is 4.79 Å². The summed E-state index contributed by atoms with van der Waals surface area (Å²) < 4.78 is 5.66. The number of carboxylic acids is 1. The molecule has 0 saturated heterocycles. The lowest BCUT2D eigenvalue weighted by Gasteiger charge is -2.12. The summed E-state index contributed by atoms with van der Waals surface area (Å²) in [5.41, 5.74) is 1.04. The Kier molecular flexibility index (Phi) is 5.36. The average molecular weight is 313 g/mol. The first kappa shape index (κ1) is 16.5. The second-order valence-electron chi connectivity index (χ2n) is 5.20. The van der Waals surface area contributed by atoms with Gasteiger partial charge in [0.1, 0.15) is 5.75 Å². The molecule has 0 fully saturated rings.